The molecule has 0 aromatic heterocycles. The van der Waals surface area contributed by atoms with Gasteiger partial charge in [0.2, 0.25) is 11.8 Å². The number of carbonyl (C=O) groups is 2. The highest BCUT2D eigenvalue weighted by Crippen LogP contribution is 2.29. The zero-order valence-electron chi connectivity index (χ0n) is 9.34. The van der Waals surface area contributed by atoms with E-state index in [4.69, 9.17) is 0 Å². The van der Waals surface area contributed by atoms with Gasteiger partial charge in [0.15, 0.2) is 11.6 Å². The molecule has 1 saturated heterocycles. The van der Waals surface area contributed by atoms with Gasteiger partial charge in [-0.15, -0.1) is 0 Å². The highest BCUT2D eigenvalue weighted by molar-refractivity contribution is 9.10. The smallest absolute Gasteiger partial charge is 0.247 e. The van der Waals surface area contributed by atoms with Crippen LogP contribution in [-0.4, -0.2) is 24.4 Å². The standard InChI is InChI=1S/C11H9BrF2N2O2/c1-5-11(18)15-4-9(17)16(5)10-7(13)2-6(12)3-8(10)14/h2-3,5H,4H2,1H3,(H,15,18). The molecule has 1 fully saturated rings. The van der Waals surface area contributed by atoms with E-state index in [1.807, 2.05) is 0 Å². The molecule has 0 saturated carbocycles. The van der Waals surface area contributed by atoms with Crippen LogP contribution >= 0.6 is 15.9 Å². The van der Waals surface area contributed by atoms with Crippen LogP contribution in [-0.2, 0) is 9.59 Å². The summed E-state index contributed by atoms with van der Waals surface area (Å²) < 4.78 is 27.8. The molecule has 0 spiro atoms. The van der Waals surface area contributed by atoms with Crippen LogP contribution < -0.4 is 10.2 Å². The third-order valence-electron chi connectivity index (χ3n) is 2.67. The van der Waals surface area contributed by atoms with Crippen LogP contribution in [0.5, 0.6) is 0 Å². The lowest BCUT2D eigenvalue weighted by Gasteiger charge is -2.33. The Morgan fingerprint density at radius 3 is 2.44 bits per heavy atom. The fourth-order valence-corrected chi connectivity index (χ4v) is 2.21. The molecule has 0 bridgehead atoms. The molecule has 1 aliphatic rings. The number of hydrogen-bond donors (Lipinski definition) is 1. The number of hydrogen-bond acceptors (Lipinski definition) is 2. The lowest BCUT2D eigenvalue weighted by atomic mass is 10.1. The molecule has 0 aliphatic carbocycles. The first-order chi connectivity index (χ1) is 8.41. The van der Waals surface area contributed by atoms with E-state index in [9.17, 15) is 18.4 Å². The number of anilines is 1. The quantitative estimate of drug-likeness (QED) is 0.854. The third kappa shape index (κ3) is 2.10. The lowest BCUT2D eigenvalue weighted by molar-refractivity contribution is -0.130. The Morgan fingerprint density at radius 1 is 1.33 bits per heavy atom. The van der Waals surface area contributed by atoms with Gasteiger partial charge in [-0.1, -0.05) is 15.9 Å². The molecule has 4 nitrogen and oxygen atoms in total. The van der Waals surface area contributed by atoms with Gasteiger partial charge in [0.05, 0.1) is 6.54 Å². The lowest BCUT2D eigenvalue weighted by Crippen LogP contribution is -2.57. The molecule has 1 heterocycles. The van der Waals surface area contributed by atoms with Crippen molar-refractivity contribution < 1.29 is 18.4 Å². The number of piperazine rings is 1. The van der Waals surface area contributed by atoms with Crippen molar-refractivity contribution in [3.05, 3.63) is 28.2 Å². The van der Waals surface area contributed by atoms with Gasteiger partial charge >= 0.3 is 0 Å². The van der Waals surface area contributed by atoms with Gasteiger partial charge in [-0.2, -0.15) is 0 Å². The Bertz CT molecular complexity index is 513. The van der Waals surface area contributed by atoms with Crippen LogP contribution in [0.2, 0.25) is 0 Å². The molecule has 1 N–H and O–H groups in total. The molecular formula is C11H9BrF2N2O2. The van der Waals surface area contributed by atoms with Crippen LogP contribution in [0.15, 0.2) is 16.6 Å². The predicted molar refractivity (Wildman–Crippen MR) is 64.0 cm³/mol. The Balaban J connectivity index is 2.53. The van der Waals surface area contributed by atoms with Crippen LogP contribution in [0.1, 0.15) is 6.92 Å². The summed E-state index contributed by atoms with van der Waals surface area (Å²) in [4.78, 5) is 24.0. The van der Waals surface area contributed by atoms with Gasteiger partial charge in [0.1, 0.15) is 11.7 Å². The van der Waals surface area contributed by atoms with Crippen molar-refractivity contribution in [2.75, 3.05) is 11.4 Å². The minimum absolute atomic E-state index is 0.225. The van der Waals surface area contributed by atoms with Gasteiger partial charge in [-0.05, 0) is 19.1 Å². The summed E-state index contributed by atoms with van der Waals surface area (Å²) >= 11 is 2.95. The summed E-state index contributed by atoms with van der Waals surface area (Å²) in [5, 5.41) is 2.35. The summed E-state index contributed by atoms with van der Waals surface area (Å²) in [5.41, 5.74) is -0.495. The monoisotopic (exact) mass is 318 g/mol. The molecule has 96 valence electrons. The zero-order valence-corrected chi connectivity index (χ0v) is 10.9. The first-order valence-corrected chi connectivity index (χ1v) is 5.95. The van der Waals surface area contributed by atoms with Crippen LogP contribution in [0.25, 0.3) is 0 Å². The molecule has 1 aliphatic heterocycles. The first-order valence-electron chi connectivity index (χ1n) is 5.16. The SMILES string of the molecule is CC1C(=O)NCC(=O)N1c1c(F)cc(Br)cc1F. The van der Waals surface area contributed by atoms with E-state index in [1.54, 1.807) is 0 Å². The maximum Gasteiger partial charge on any atom is 0.247 e. The molecule has 1 atom stereocenters. The average molecular weight is 319 g/mol. The number of benzene rings is 1. The van der Waals surface area contributed by atoms with Crippen molar-refractivity contribution in [1.29, 1.82) is 0 Å². The highest BCUT2D eigenvalue weighted by atomic mass is 79.9. The Hall–Kier alpha value is -1.50. The van der Waals surface area contributed by atoms with E-state index in [0.29, 0.717) is 0 Å². The van der Waals surface area contributed by atoms with Crippen molar-refractivity contribution in [2.45, 2.75) is 13.0 Å². The third-order valence-corrected chi connectivity index (χ3v) is 3.13. The molecule has 1 unspecified atom stereocenters. The summed E-state index contributed by atoms with van der Waals surface area (Å²) in [6.45, 7) is 1.14. The van der Waals surface area contributed by atoms with Crippen molar-refractivity contribution in [1.82, 2.24) is 5.32 Å². The second kappa shape index (κ2) is 4.64. The summed E-state index contributed by atoms with van der Waals surface area (Å²) in [5.74, 6) is -2.79. The maximum atomic E-state index is 13.8. The fraction of sp³-hybridized carbons (Fsp3) is 0.273. The summed E-state index contributed by atoms with van der Waals surface area (Å²) in [7, 11) is 0. The molecule has 1 aromatic carbocycles. The number of halogens is 3. The van der Waals surface area contributed by atoms with E-state index in [-0.39, 0.29) is 11.0 Å². The van der Waals surface area contributed by atoms with Crippen molar-refractivity contribution in [3.63, 3.8) is 0 Å². The van der Waals surface area contributed by atoms with E-state index in [2.05, 4.69) is 21.2 Å². The number of carbonyl (C=O) groups excluding carboxylic acids is 2. The van der Waals surface area contributed by atoms with Gasteiger partial charge < -0.3 is 5.32 Å². The minimum Gasteiger partial charge on any atom is -0.345 e. The number of nitrogens with one attached hydrogen (secondary N) is 1. The van der Waals surface area contributed by atoms with Crippen LogP contribution in [0.4, 0.5) is 14.5 Å². The van der Waals surface area contributed by atoms with Crippen molar-refractivity contribution in [3.8, 4) is 0 Å². The molecule has 1 aromatic rings. The second-order valence-electron chi connectivity index (χ2n) is 3.88. The van der Waals surface area contributed by atoms with E-state index in [0.717, 1.165) is 17.0 Å². The first kappa shape index (κ1) is 12.9. The van der Waals surface area contributed by atoms with Crippen molar-refractivity contribution >= 4 is 33.4 Å². The number of nitrogens with zero attached hydrogens (tertiary/aromatic N) is 1. The zero-order chi connectivity index (χ0) is 13.4. The van der Waals surface area contributed by atoms with Crippen LogP contribution in [0, 0.1) is 11.6 Å². The molecular weight excluding hydrogens is 310 g/mol. The van der Waals surface area contributed by atoms with E-state index >= 15 is 0 Å². The predicted octanol–water partition coefficient (Wildman–Crippen LogP) is 1.58. The topological polar surface area (TPSA) is 49.4 Å². The fourth-order valence-electron chi connectivity index (χ4n) is 1.81. The van der Waals surface area contributed by atoms with Crippen LogP contribution in [0.3, 0.4) is 0 Å². The van der Waals surface area contributed by atoms with E-state index in [1.165, 1.54) is 6.92 Å². The largest absolute Gasteiger partial charge is 0.345 e. The molecule has 0 radical (unpaired) electrons. The number of amides is 2. The minimum atomic E-state index is -0.948. The summed E-state index contributed by atoms with van der Waals surface area (Å²) in [6.07, 6.45) is 0. The highest BCUT2D eigenvalue weighted by Gasteiger charge is 2.35. The van der Waals surface area contributed by atoms with Gasteiger partial charge in [0.25, 0.3) is 0 Å². The second-order valence-corrected chi connectivity index (χ2v) is 4.79. The normalized spacial score (nSPS) is 20.0. The molecule has 18 heavy (non-hydrogen) atoms. The Labute approximate surface area is 110 Å². The number of rotatable bonds is 1. The molecule has 2 amide bonds. The maximum absolute atomic E-state index is 13.8. The van der Waals surface area contributed by atoms with Gasteiger partial charge in [-0.25, -0.2) is 8.78 Å². The van der Waals surface area contributed by atoms with Gasteiger partial charge in [0, 0.05) is 4.47 Å². The Morgan fingerprint density at radius 2 is 1.89 bits per heavy atom. The summed E-state index contributed by atoms with van der Waals surface area (Å²) in [6, 6.07) is 1.15. The molecule has 7 heteroatoms. The van der Waals surface area contributed by atoms with E-state index < -0.39 is 35.2 Å². The molecule has 2 rings (SSSR count). The van der Waals surface area contributed by atoms with Crippen molar-refractivity contribution in [2.24, 2.45) is 0 Å². The average Bonchev–Trinajstić information content (AvgIpc) is 2.27. The Kier molecular flexibility index (Phi) is 3.34. The van der Waals surface area contributed by atoms with Gasteiger partial charge in [-0.3, -0.25) is 14.5 Å².